The Kier molecular flexibility index (Phi) is 4.61. The largest absolute Gasteiger partial charge is 0.325 e. The van der Waals surface area contributed by atoms with Crippen molar-refractivity contribution in [3.05, 3.63) is 63.1 Å². The Morgan fingerprint density at radius 2 is 1.65 bits per heavy atom. The van der Waals surface area contributed by atoms with Gasteiger partial charge in [0.05, 0.1) is 6.42 Å². The van der Waals surface area contributed by atoms with Gasteiger partial charge in [0, 0.05) is 10.2 Å². The van der Waals surface area contributed by atoms with E-state index in [2.05, 4.69) is 21.2 Å². The summed E-state index contributed by atoms with van der Waals surface area (Å²) < 4.78 is 1.03. The van der Waals surface area contributed by atoms with Crippen molar-refractivity contribution in [3.63, 3.8) is 0 Å². The third-order valence-corrected chi connectivity index (χ3v) is 3.83. The molecule has 0 fully saturated rings. The summed E-state index contributed by atoms with van der Waals surface area (Å²) in [5, 5.41) is 3.02. The minimum Gasteiger partial charge on any atom is -0.325 e. The first-order valence-electron chi connectivity index (χ1n) is 6.58. The number of halogens is 1. The molecule has 0 bridgehead atoms. The number of carbonyl (C=O) groups is 1. The maximum atomic E-state index is 12.2. The van der Waals surface area contributed by atoms with Crippen LogP contribution in [-0.4, -0.2) is 5.91 Å². The highest BCUT2D eigenvalue weighted by Crippen LogP contribution is 2.25. The first-order valence-corrected chi connectivity index (χ1v) is 7.38. The van der Waals surface area contributed by atoms with Crippen LogP contribution < -0.4 is 5.32 Å². The number of amides is 1. The molecule has 0 aliphatic rings. The molecule has 0 aliphatic carbocycles. The third-order valence-electron chi connectivity index (χ3n) is 3.37. The summed E-state index contributed by atoms with van der Waals surface area (Å²) >= 11 is 3.46. The second kappa shape index (κ2) is 6.23. The number of benzene rings is 2. The third kappa shape index (κ3) is 3.48. The van der Waals surface area contributed by atoms with E-state index in [0.29, 0.717) is 6.42 Å². The Morgan fingerprint density at radius 3 is 2.25 bits per heavy atom. The lowest BCUT2D eigenvalue weighted by molar-refractivity contribution is -0.115. The van der Waals surface area contributed by atoms with Gasteiger partial charge >= 0.3 is 0 Å². The Hall–Kier alpha value is -1.61. The highest BCUT2D eigenvalue weighted by atomic mass is 79.9. The molecule has 104 valence electrons. The molecular weight excluding hydrogens is 314 g/mol. The molecule has 0 spiro atoms. The van der Waals surface area contributed by atoms with Crippen molar-refractivity contribution in [2.45, 2.75) is 27.2 Å². The standard InChI is InChI=1S/C17H18BrNO/c1-11-6-4-5-7-14(11)10-16(20)19-17-12(2)8-15(18)9-13(17)3/h4-9H,10H2,1-3H3,(H,19,20). The van der Waals surface area contributed by atoms with Crippen LogP contribution in [0.15, 0.2) is 40.9 Å². The number of anilines is 1. The minimum atomic E-state index is 0.0211. The van der Waals surface area contributed by atoms with Crippen LogP contribution in [0.25, 0.3) is 0 Å². The van der Waals surface area contributed by atoms with E-state index in [-0.39, 0.29) is 5.91 Å². The van der Waals surface area contributed by atoms with Gasteiger partial charge in [-0.25, -0.2) is 0 Å². The average Bonchev–Trinajstić information content (AvgIpc) is 2.36. The van der Waals surface area contributed by atoms with Gasteiger partial charge in [-0.3, -0.25) is 4.79 Å². The first kappa shape index (κ1) is 14.8. The molecule has 0 saturated heterocycles. The van der Waals surface area contributed by atoms with Crippen LogP contribution in [-0.2, 0) is 11.2 Å². The predicted octanol–water partition coefficient (Wildman–Crippen LogP) is 4.56. The number of nitrogens with one attached hydrogen (secondary N) is 1. The fourth-order valence-corrected chi connectivity index (χ4v) is 2.96. The van der Waals surface area contributed by atoms with E-state index < -0.39 is 0 Å². The molecule has 1 amide bonds. The summed E-state index contributed by atoms with van der Waals surface area (Å²) in [4.78, 5) is 12.2. The van der Waals surface area contributed by atoms with Gasteiger partial charge in [0.1, 0.15) is 0 Å². The van der Waals surface area contributed by atoms with E-state index in [0.717, 1.165) is 32.4 Å². The second-order valence-corrected chi connectivity index (χ2v) is 5.98. The van der Waals surface area contributed by atoms with Gasteiger partial charge in [0.25, 0.3) is 0 Å². The van der Waals surface area contributed by atoms with Crippen LogP contribution in [0.2, 0.25) is 0 Å². The zero-order valence-electron chi connectivity index (χ0n) is 12.0. The molecule has 0 aliphatic heterocycles. The molecule has 3 heteroatoms. The van der Waals surface area contributed by atoms with Crippen molar-refractivity contribution < 1.29 is 4.79 Å². The zero-order valence-corrected chi connectivity index (χ0v) is 13.5. The fraction of sp³-hybridized carbons (Fsp3) is 0.235. The Labute approximate surface area is 128 Å². The number of rotatable bonds is 3. The van der Waals surface area contributed by atoms with E-state index in [9.17, 15) is 4.79 Å². The summed E-state index contributed by atoms with van der Waals surface area (Å²) in [7, 11) is 0. The van der Waals surface area contributed by atoms with Crippen LogP contribution >= 0.6 is 15.9 Å². The summed E-state index contributed by atoms with van der Waals surface area (Å²) in [6.07, 6.45) is 0.404. The summed E-state index contributed by atoms with van der Waals surface area (Å²) in [6.45, 7) is 6.03. The summed E-state index contributed by atoms with van der Waals surface area (Å²) in [5.74, 6) is 0.0211. The molecule has 2 aromatic rings. The molecule has 0 aromatic heterocycles. The maximum absolute atomic E-state index is 12.2. The van der Waals surface area contributed by atoms with Crippen LogP contribution in [0.4, 0.5) is 5.69 Å². The van der Waals surface area contributed by atoms with Gasteiger partial charge < -0.3 is 5.32 Å². The van der Waals surface area contributed by atoms with Gasteiger partial charge in [-0.15, -0.1) is 0 Å². The molecule has 1 N–H and O–H groups in total. The minimum absolute atomic E-state index is 0.0211. The average molecular weight is 332 g/mol. The molecular formula is C17H18BrNO. The van der Waals surface area contributed by atoms with Crippen LogP contribution in [0.3, 0.4) is 0 Å². The molecule has 2 rings (SSSR count). The zero-order chi connectivity index (χ0) is 14.7. The van der Waals surface area contributed by atoms with Crippen molar-refractivity contribution in [3.8, 4) is 0 Å². The van der Waals surface area contributed by atoms with Gasteiger partial charge in [0.15, 0.2) is 0 Å². The monoisotopic (exact) mass is 331 g/mol. The van der Waals surface area contributed by atoms with E-state index in [1.54, 1.807) is 0 Å². The number of hydrogen-bond acceptors (Lipinski definition) is 1. The maximum Gasteiger partial charge on any atom is 0.228 e. The van der Waals surface area contributed by atoms with Crippen molar-refractivity contribution >= 4 is 27.5 Å². The Morgan fingerprint density at radius 1 is 1.05 bits per heavy atom. The lowest BCUT2D eigenvalue weighted by Crippen LogP contribution is -2.16. The molecule has 0 saturated carbocycles. The normalized spacial score (nSPS) is 10.4. The van der Waals surface area contributed by atoms with Crippen molar-refractivity contribution in [1.82, 2.24) is 0 Å². The van der Waals surface area contributed by atoms with E-state index in [1.807, 2.05) is 57.2 Å². The first-order chi connectivity index (χ1) is 9.47. The van der Waals surface area contributed by atoms with Crippen molar-refractivity contribution in [2.75, 3.05) is 5.32 Å². The summed E-state index contributed by atoms with van der Waals surface area (Å²) in [6, 6.07) is 12.0. The lowest BCUT2D eigenvalue weighted by atomic mass is 10.0. The van der Waals surface area contributed by atoms with Crippen molar-refractivity contribution in [2.24, 2.45) is 0 Å². The van der Waals surface area contributed by atoms with Crippen LogP contribution in [0.1, 0.15) is 22.3 Å². The van der Waals surface area contributed by atoms with Crippen LogP contribution in [0.5, 0.6) is 0 Å². The molecule has 0 atom stereocenters. The molecule has 0 unspecified atom stereocenters. The molecule has 0 heterocycles. The highest BCUT2D eigenvalue weighted by molar-refractivity contribution is 9.10. The smallest absolute Gasteiger partial charge is 0.228 e. The molecule has 20 heavy (non-hydrogen) atoms. The molecule has 2 nitrogen and oxygen atoms in total. The fourth-order valence-electron chi connectivity index (χ4n) is 2.27. The quantitative estimate of drug-likeness (QED) is 0.877. The SMILES string of the molecule is Cc1ccccc1CC(=O)Nc1c(C)cc(Br)cc1C. The van der Waals surface area contributed by atoms with Gasteiger partial charge in [-0.2, -0.15) is 0 Å². The van der Waals surface area contributed by atoms with Crippen molar-refractivity contribution in [1.29, 1.82) is 0 Å². The number of hydrogen-bond donors (Lipinski definition) is 1. The predicted molar refractivity (Wildman–Crippen MR) is 87.1 cm³/mol. The Balaban J connectivity index is 2.15. The van der Waals surface area contributed by atoms with Gasteiger partial charge in [-0.1, -0.05) is 40.2 Å². The van der Waals surface area contributed by atoms with E-state index in [1.165, 1.54) is 0 Å². The van der Waals surface area contributed by atoms with Crippen LogP contribution in [0, 0.1) is 20.8 Å². The molecule has 0 radical (unpaired) electrons. The topological polar surface area (TPSA) is 29.1 Å². The highest BCUT2D eigenvalue weighted by Gasteiger charge is 2.10. The lowest BCUT2D eigenvalue weighted by Gasteiger charge is -2.13. The number of aryl methyl sites for hydroxylation is 3. The van der Waals surface area contributed by atoms with E-state index >= 15 is 0 Å². The number of carbonyl (C=O) groups excluding carboxylic acids is 1. The van der Waals surface area contributed by atoms with E-state index in [4.69, 9.17) is 0 Å². The van der Waals surface area contributed by atoms with Gasteiger partial charge in [-0.05, 0) is 55.2 Å². The second-order valence-electron chi connectivity index (χ2n) is 5.07. The Bertz CT molecular complexity index is 626. The van der Waals surface area contributed by atoms with Gasteiger partial charge in [0.2, 0.25) is 5.91 Å². The molecule has 2 aromatic carbocycles. The summed E-state index contributed by atoms with van der Waals surface area (Å²) in [5.41, 5.74) is 5.25.